The maximum Gasteiger partial charge on any atom is 0.222 e. The lowest BCUT2D eigenvalue weighted by molar-refractivity contribution is -0.121. The van der Waals surface area contributed by atoms with E-state index in [1.54, 1.807) is 25.1 Å². The van der Waals surface area contributed by atoms with Gasteiger partial charge in [-0.05, 0) is 37.6 Å². The number of rotatable bonds is 4. The minimum absolute atomic E-state index is 0.0939. The summed E-state index contributed by atoms with van der Waals surface area (Å²) >= 11 is 11.9. The van der Waals surface area contributed by atoms with Crippen LogP contribution in [-0.2, 0) is 4.79 Å². The molecular weight excluding hydrogens is 259 g/mol. The first-order chi connectivity index (χ1) is 7.90. The van der Waals surface area contributed by atoms with Crippen molar-refractivity contribution in [2.24, 2.45) is 5.73 Å². The van der Waals surface area contributed by atoms with Crippen LogP contribution in [0.25, 0.3) is 0 Å². The highest BCUT2D eigenvalue weighted by atomic mass is 35.5. The van der Waals surface area contributed by atoms with Gasteiger partial charge in [0.15, 0.2) is 0 Å². The Kier molecular flexibility index (Phi) is 5.25. The van der Waals surface area contributed by atoms with E-state index in [0.29, 0.717) is 16.5 Å². The molecule has 0 bridgehead atoms. The summed E-state index contributed by atoms with van der Waals surface area (Å²) < 4.78 is 0. The number of nitrogens with one attached hydrogen (secondary N) is 1. The molecule has 17 heavy (non-hydrogen) atoms. The van der Waals surface area contributed by atoms with Crippen LogP contribution in [0.4, 0.5) is 0 Å². The molecule has 2 atom stereocenters. The molecule has 1 amide bonds. The summed E-state index contributed by atoms with van der Waals surface area (Å²) in [4.78, 5) is 11.6. The first kappa shape index (κ1) is 14.3. The smallest absolute Gasteiger partial charge is 0.222 e. The fourth-order valence-corrected chi connectivity index (χ4v) is 1.98. The molecule has 0 radical (unpaired) electrons. The van der Waals surface area contributed by atoms with Crippen molar-refractivity contribution in [2.45, 2.75) is 32.4 Å². The Morgan fingerprint density at radius 2 is 2.06 bits per heavy atom. The molecule has 1 aromatic carbocycles. The van der Waals surface area contributed by atoms with Crippen LogP contribution in [0.2, 0.25) is 10.0 Å². The third-order valence-corrected chi connectivity index (χ3v) is 2.89. The standard InChI is InChI=1S/C12H16Cl2N2O/c1-7(15)5-12(17)16-8(2)10-6-9(13)3-4-11(10)14/h3-4,6-8H,5,15H2,1-2H3,(H,16,17). The van der Waals surface area contributed by atoms with Crippen LogP contribution >= 0.6 is 23.2 Å². The van der Waals surface area contributed by atoms with Crippen molar-refractivity contribution in [2.75, 3.05) is 0 Å². The van der Waals surface area contributed by atoms with E-state index in [1.807, 2.05) is 6.92 Å². The Balaban J connectivity index is 2.72. The molecule has 0 aliphatic heterocycles. The minimum Gasteiger partial charge on any atom is -0.349 e. The maximum absolute atomic E-state index is 11.6. The fraction of sp³-hybridized carbons (Fsp3) is 0.417. The second-order valence-electron chi connectivity index (χ2n) is 4.14. The molecule has 2 unspecified atom stereocenters. The van der Waals surface area contributed by atoms with Gasteiger partial charge in [0.25, 0.3) is 0 Å². The summed E-state index contributed by atoms with van der Waals surface area (Å²) in [5.74, 6) is -0.0939. The third-order valence-electron chi connectivity index (χ3n) is 2.31. The predicted molar refractivity (Wildman–Crippen MR) is 71.3 cm³/mol. The number of carbonyl (C=O) groups excluding carboxylic acids is 1. The Hall–Kier alpha value is -0.770. The van der Waals surface area contributed by atoms with Gasteiger partial charge in [-0.25, -0.2) is 0 Å². The molecule has 1 aromatic rings. The Morgan fingerprint density at radius 1 is 1.41 bits per heavy atom. The predicted octanol–water partition coefficient (Wildman–Crippen LogP) is 2.91. The third kappa shape index (κ3) is 4.54. The molecule has 3 N–H and O–H groups in total. The number of nitrogens with two attached hydrogens (primary N) is 1. The van der Waals surface area contributed by atoms with Gasteiger partial charge in [-0.15, -0.1) is 0 Å². The van der Waals surface area contributed by atoms with Crippen LogP contribution in [0, 0.1) is 0 Å². The van der Waals surface area contributed by atoms with Crippen molar-refractivity contribution in [1.82, 2.24) is 5.32 Å². The first-order valence-corrected chi connectivity index (χ1v) is 6.15. The van der Waals surface area contributed by atoms with Gasteiger partial charge in [-0.3, -0.25) is 4.79 Å². The molecule has 0 aliphatic carbocycles. The Morgan fingerprint density at radius 3 is 2.65 bits per heavy atom. The van der Waals surface area contributed by atoms with Gasteiger partial charge in [0.05, 0.1) is 6.04 Å². The van der Waals surface area contributed by atoms with E-state index in [1.165, 1.54) is 0 Å². The highest BCUT2D eigenvalue weighted by Crippen LogP contribution is 2.26. The van der Waals surface area contributed by atoms with Gasteiger partial charge in [-0.1, -0.05) is 23.2 Å². The summed E-state index contributed by atoms with van der Waals surface area (Å²) in [6.45, 7) is 3.65. The molecule has 3 nitrogen and oxygen atoms in total. The number of halogens is 2. The summed E-state index contributed by atoms with van der Waals surface area (Å²) in [6, 6.07) is 4.84. The SMILES string of the molecule is CC(N)CC(=O)NC(C)c1cc(Cl)ccc1Cl. The fourth-order valence-electron chi connectivity index (χ4n) is 1.52. The summed E-state index contributed by atoms with van der Waals surface area (Å²) in [7, 11) is 0. The van der Waals surface area contributed by atoms with E-state index in [4.69, 9.17) is 28.9 Å². The number of carbonyl (C=O) groups is 1. The minimum atomic E-state index is -0.188. The van der Waals surface area contributed by atoms with Crippen molar-refractivity contribution >= 4 is 29.1 Å². The molecule has 5 heteroatoms. The molecular formula is C12H16Cl2N2O. The normalized spacial score (nSPS) is 14.2. The lowest BCUT2D eigenvalue weighted by Gasteiger charge is -2.16. The summed E-state index contributed by atoms with van der Waals surface area (Å²) in [5, 5.41) is 4.01. The van der Waals surface area contributed by atoms with E-state index < -0.39 is 0 Å². The van der Waals surface area contributed by atoms with E-state index in [-0.39, 0.29) is 18.0 Å². The van der Waals surface area contributed by atoms with E-state index in [9.17, 15) is 4.79 Å². The molecule has 0 fully saturated rings. The first-order valence-electron chi connectivity index (χ1n) is 5.40. The molecule has 1 rings (SSSR count). The molecule has 0 saturated carbocycles. The van der Waals surface area contributed by atoms with Crippen LogP contribution in [0.5, 0.6) is 0 Å². The van der Waals surface area contributed by atoms with E-state index >= 15 is 0 Å². The second-order valence-corrected chi connectivity index (χ2v) is 4.98. The van der Waals surface area contributed by atoms with E-state index in [2.05, 4.69) is 5.32 Å². The van der Waals surface area contributed by atoms with Gasteiger partial charge >= 0.3 is 0 Å². The number of hydrogen-bond donors (Lipinski definition) is 2. The lowest BCUT2D eigenvalue weighted by atomic mass is 10.1. The molecule has 0 aliphatic rings. The van der Waals surface area contributed by atoms with Crippen LogP contribution in [0.1, 0.15) is 31.9 Å². The Bertz CT molecular complexity index is 407. The molecule has 94 valence electrons. The number of benzene rings is 1. The highest BCUT2D eigenvalue weighted by molar-refractivity contribution is 6.33. The lowest BCUT2D eigenvalue weighted by Crippen LogP contribution is -2.31. The summed E-state index contributed by atoms with van der Waals surface area (Å²) in [6.07, 6.45) is 0.294. The molecule has 0 saturated heterocycles. The highest BCUT2D eigenvalue weighted by Gasteiger charge is 2.13. The monoisotopic (exact) mass is 274 g/mol. The molecule has 0 aromatic heterocycles. The van der Waals surface area contributed by atoms with Crippen molar-refractivity contribution in [3.05, 3.63) is 33.8 Å². The van der Waals surface area contributed by atoms with Crippen LogP contribution in [0.3, 0.4) is 0 Å². The van der Waals surface area contributed by atoms with Gasteiger partial charge in [0, 0.05) is 22.5 Å². The second kappa shape index (κ2) is 6.24. The zero-order valence-electron chi connectivity index (χ0n) is 9.84. The van der Waals surface area contributed by atoms with Crippen molar-refractivity contribution in [3.63, 3.8) is 0 Å². The topological polar surface area (TPSA) is 55.1 Å². The average Bonchev–Trinajstić information content (AvgIpc) is 2.20. The van der Waals surface area contributed by atoms with Gasteiger partial charge in [0.2, 0.25) is 5.91 Å². The maximum atomic E-state index is 11.6. The Labute approximate surface area is 111 Å². The summed E-state index contributed by atoms with van der Waals surface area (Å²) in [5.41, 5.74) is 6.36. The van der Waals surface area contributed by atoms with Crippen molar-refractivity contribution in [1.29, 1.82) is 0 Å². The van der Waals surface area contributed by atoms with Crippen molar-refractivity contribution in [3.8, 4) is 0 Å². The van der Waals surface area contributed by atoms with Gasteiger partial charge < -0.3 is 11.1 Å². The largest absolute Gasteiger partial charge is 0.349 e. The number of hydrogen-bond acceptors (Lipinski definition) is 2. The average molecular weight is 275 g/mol. The zero-order chi connectivity index (χ0) is 13.0. The van der Waals surface area contributed by atoms with Crippen LogP contribution < -0.4 is 11.1 Å². The van der Waals surface area contributed by atoms with Crippen LogP contribution in [-0.4, -0.2) is 11.9 Å². The van der Waals surface area contributed by atoms with Crippen LogP contribution in [0.15, 0.2) is 18.2 Å². The van der Waals surface area contributed by atoms with Gasteiger partial charge in [-0.2, -0.15) is 0 Å². The van der Waals surface area contributed by atoms with Gasteiger partial charge in [0.1, 0.15) is 0 Å². The number of amides is 1. The molecule has 0 heterocycles. The quantitative estimate of drug-likeness (QED) is 0.887. The zero-order valence-corrected chi connectivity index (χ0v) is 11.3. The van der Waals surface area contributed by atoms with Crippen molar-refractivity contribution < 1.29 is 4.79 Å². The van der Waals surface area contributed by atoms with E-state index in [0.717, 1.165) is 5.56 Å². The molecule has 0 spiro atoms.